The standard InChI is InChI=1S/C28H26N2O3/c1-20(31)22-10-13-24(14-11-22)29-25-15-12-23(18-25)28(32)30(26-6-4-3-5-7-26)19-21-8-16-27(33-2)17-9-21/h3-17,29H,18-19H2,1-2H3. The number of ether oxygens (including phenoxy) is 1. The molecule has 0 atom stereocenters. The number of para-hydroxylation sites is 1. The van der Waals surface area contributed by atoms with Gasteiger partial charge in [0.1, 0.15) is 5.75 Å². The largest absolute Gasteiger partial charge is 0.497 e. The van der Waals surface area contributed by atoms with Gasteiger partial charge in [-0.15, -0.1) is 0 Å². The summed E-state index contributed by atoms with van der Waals surface area (Å²) in [5, 5.41) is 3.35. The molecule has 1 amide bonds. The lowest BCUT2D eigenvalue weighted by Gasteiger charge is -2.24. The first-order valence-corrected chi connectivity index (χ1v) is 10.8. The third-order valence-electron chi connectivity index (χ3n) is 5.55. The first-order chi connectivity index (χ1) is 16.0. The SMILES string of the molecule is COc1ccc(CN(C(=O)C2=CC=C(Nc3ccc(C(C)=O)cc3)C2)c2ccccc2)cc1. The van der Waals surface area contributed by atoms with E-state index in [0.717, 1.165) is 34.0 Å². The van der Waals surface area contributed by atoms with E-state index in [1.807, 2.05) is 78.9 Å². The van der Waals surface area contributed by atoms with Crippen molar-refractivity contribution in [3.8, 4) is 5.75 Å². The second-order valence-corrected chi connectivity index (χ2v) is 7.89. The summed E-state index contributed by atoms with van der Waals surface area (Å²) in [5.74, 6) is 0.789. The second kappa shape index (κ2) is 10.0. The van der Waals surface area contributed by atoms with Gasteiger partial charge >= 0.3 is 0 Å². The predicted molar refractivity (Wildman–Crippen MR) is 131 cm³/mol. The lowest BCUT2D eigenvalue weighted by Crippen LogP contribution is -2.31. The van der Waals surface area contributed by atoms with Gasteiger partial charge in [0, 0.05) is 34.6 Å². The quantitative estimate of drug-likeness (QED) is 0.455. The Balaban J connectivity index is 1.47. The Bertz CT molecular complexity index is 1190. The third-order valence-corrected chi connectivity index (χ3v) is 5.55. The Morgan fingerprint density at radius 3 is 2.24 bits per heavy atom. The van der Waals surface area contributed by atoms with Gasteiger partial charge in [0.2, 0.25) is 0 Å². The first-order valence-electron chi connectivity index (χ1n) is 10.8. The van der Waals surface area contributed by atoms with E-state index in [2.05, 4.69) is 5.32 Å². The Hall–Kier alpha value is -4.12. The van der Waals surface area contributed by atoms with Crippen LogP contribution in [0.1, 0.15) is 29.3 Å². The number of allylic oxidation sites excluding steroid dienone is 3. The normalized spacial score (nSPS) is 12.5. The summed E-state index contributed by atoms with van der Waals surface area (Å²) in [6.07, 6.45) is 4.32. The van der Waals surface area contributed by atoms with Gasteiger partial charge in [-0.1, -0.05) is 36.4 Å². The maximum absolute atomic E-state index is 13.5. The molecular formula is C28H26N2O3. The summed E-state index contributed by atoms with van der Waals surface area (Å²) in [6.45, 7) is 2.01. The molecule has 0 fully saturated rings. The molecule has 0 bridgehead atoms. The fourth-order valence-corrected chi connectivity index (χ4v) is 3.71. The van der Waals surface area contributed by atoms with Crippen LogP contribution in [0.2, 0.25) is 0 Å². The molecule has 1 aliphatic rings. The maximum atomic E-state index is 13.5. The Morgan fingerprint density at radius 2 is 1.61 bits per heavy atom. The number of Topliss-reactive ketones (excluding diaryl/α,β-unsaturated/α-hetero) is 1. The summed E-state index contributed by atoms with van der Waals surface area (Å²) in [5.41, 5.74) is 5.07. The molecule has 0 unspecified atom stereocenters. The number of ketones is 1. The number of rotatable bonds is 8. The molecule has 4 rings (SSSR count). The van der Waals surface area contributed by atoms with Gasteiger partial charge in [-0.3, -0.25) is 9.59 Å². The summed E-state index contributed by atoms with van der Waals surface area (Å²) in [4.78, 5) is 26.8. The molecule has 0 heterocycles. The molecule has 3 aromatic carbocycles. The monoisotopic (exact) mass is 438 g/mol. The van der Waals surface area contributed by atoms with Crippen molar-refractivity contribution < 1.29 is 14.3 Å². The number of methoxy groups -OCH3 is 1. The van der Waals surface area contributed by atoms with Crippen molar-refractivity contribution in [2.75, 3.05) is 17.3 Å². The predicted octanol–water partition coefficient (Wildman–Crippen LogP) is 5.76. The number of nitrogens with one attached hydrogen (secondary N) is 1. The molecule has 5 nitrogen and oxygen atoms in total. The van der Waals surface area contributed by atoms with Crippen LogP contribution in [0.25, 0.3) is 0 Å². The van der Waals surface area contributed by atoms with Gasteiger partial charge in [0.25, 0.3) is 5.91 Å². The number of hydrogen-bond acceptors (Lipinski definition) is 4. The minimum absolute atomic E-state index is 0.0306. The second-order valence-electron chi connectivity index (χ2n) is 7.89. The number of anilines is 2. The molecule has 5 heteroatoms. The molecule has 3 aromatic rings. The molecule has 0 saturated heterocycles. The van der Waals surface area contributed by atoms with Crippen LogP contribution in [0.5, 0.6) is 5.75 Å². The summed E-state index contributed by atoms with van der Waals surface area (Å²) < 4.78 is 5.25. The summed E-state index contributed by atoms with van der Waals surface area (Å²) >= 11 is 0. The van der Waals surface area contributed by atoms with Gasteiger partial charge in [0.15, 0.2) is 5.78 Å². The van der Waals surface area contributed by atoms with Crippen LogP contribution in [-0.4, -0.2) is 18.8 Å². The molecule has 0 aromatic heterocycles. The first kappa shape index (κ1) is 22.1. The van der Waals surface area contributed by atoms with E-state index in [-0.39, 0.29) is 11.7 Å². The van der Waals surface area contributed by atoms with E-state index in [4.69, 9.17) is 4.74 Å². The van der Waals surface area contributed by atoms with Crippen molar-refractivity contribution in [2.45, 2.75) is 19.9 Å². The van der Waals surface area contributed by atoms with Crippen LogP contribution in [-0.2, 0) is 11.3 Å². The number of nitrogens with zero attached hydrogens (tertiary/aromatic N) is 1. The fraction of sp³-hybridized carbons (Fsp3) is 0.143. The van der Waals surface area contributed by atoms with Gasteiger partial charge in [-0.2, -0.15) is 0 Å². The van der Waals surface area contributed by atoms with E-state index < -0.39 is 0 Å². The topological polar surface area (TPSA) is 58.6 Å². The van der Waals surface area contributed by atoms with Crippen molar-refractivity contribution in [3.63, 3.8) is 0 Å². The van der Waals surface area contributed by atoms with Gasteiger partial charge in [-0.25, -0.2) is 0 Å². The van der Waals surface area contributed by atoms with Crippen molar-refractivity contribution in [1.29, 1.82) is 0 Å². The molecule has 0 radical (unpaired) electrons. The lowest BCUT2D eigenvalue weighted by molar-refractivity contribution is -0.115. The number of hydrogen-bond donors (Lipinski definition) is 1. The fourth-order valence-electron chi connectivity index (χ4n) is 3.71. The van der Waals surface area contributed by atoms with Gasteiger partial charge in [-0.05, 0) is 67.1 Å². The average molecular weight is 439 g/mol. The Labute approximate surface area is 194 Å². The number of benzene rings is 3. The zero-order valence-electron chi connectivity index (χ0n) is 18.7. The number of amides is 1. The highest BCUT2D eigenvalue weighted by Crippen LogP contribution is 2.27. The molecule has 0 aliphatic heterocycles. The van der Waals surface area contributed by atoms with Crippen molar-refractivity contribution in [3.05, 3.63) is 113 Å². The minimum Gasteiger partial charge on any atom is -0.497 e. The Morgan fingerprint density at radius 1 is 0.909 bits per heavy atom. The smallest absolute Gasteiger partial charge is 0.254 e. The van der Waals surface area contributed by atoms with Crippen LogP contribution in [0.3, 0.4) is 0 Å². The molecule has 33 heavy (non-hydrogen) atoms. The highest BCUT2D eigenvalue weighted by molar-refractivity contribution is 6.06. The van der Waals surface area contributed by atoms with Crippen LogP contribution in [0.15, 0.2) is 102 Å². The molecule has 0 saturated carbocycles. The van der Waals surface area contributed by atoms with Crippen molar-refractivity contribution in [1.82, 2.24) is 0 Å². The van der Waals surface area contributed by atoms with Gasteiger partial charge < -0.3 is 15.0 Å². The minimum atomic E-state index is -0.0306. The van der Waals surface area contributed by atoms with Crippen molar-refractivity contribution in [2.24, 2.45) is 0 Å². The average Bonchev–Trinajstić information content (AvgIpc) is 3.32. The summed E-state index contributed by atoms with van der Waals surface area (Å²) in [6, 6.07) is 24.8. The van der Waals surface area contributed by atoms with E-state index in [9.17, 15) is 9.59 Å². The van der Waals surface area contributed by atoms with Crippen molar-refractivity contribution >= 4 is 23.1 Å². The zero-order chi connectivity index (χ0) is 23.2. The van der Waals surface area contributed by atoms with Crippen LogP contribution < -0.4 is 15.0 Å². The molecular weight excluding hydrogens is 412 g/mol. The van der Waals surface area contributed by atoms with Gasteiger partial charge in [0.05, 0.1) is 13.7 Å². The van der Waals surface area contributed by atoms with E-state index in [0.29, 0.717) is 18.5 Å². The molecule has 1 N–H and O–H groups in total. The van der Waals surface area contributed by atoms with E-state index >= 15 is 0 Å². The van der Waals surface area contributed by atoms with E-state index in [1.54, 1.807) is 31.1 Å². The highest BCUT2D eigenvalue weighted by Gasteiger charge is 2.23. The van der Waals surface area contributed by atoms with Crippen LogP contribution in [0, 0.1) is 0 Å². The third kappa shape index (κ3) is 5.39. The maximum Gasteiger partial charge on any atom is 0.254 e. The molecule has 0 spiro atoms. The molecule has 1 aliphatic carbocycles. The number of carbonyl (C=O) groups is 2. The lowest BCUT2D eigenvalue weighted by atomic mass is 10.1. The Kier molecular flexibility index (Phi) is 6.69. The summed E-state index contributed by atoms with van der Waals surface area (Å²) in [7, 11) is 1.64. The molecule has 166 valence electrons. The zero-order valence-corrected chi connectivity index (χ0v) is 18.7. The highest BCUT2D eigenvalue weighted by atomic mass is 16.5. The van der Waals surface area contributed by atoms with E-state index in [1.165, 1.54) is 0 Å². The number of carbonyl (C=O) groups excluding carboxylic acids is 2. The van der Waals surface area contributed by atoms with Crippen LogP contribution >= 0.6 is 0 Å². The van der Waals surface area contributed by atoms with Crippen LogP contribution in [0.4, 0.5) is 11.4 Å².